The summed E-state index contributed by atoms with van der Waals surface area (Å²) < 4.78 is 0.822. The van der Waals surface area contributed by atoms with E-state index in [1.807, 2.05) is 6.07 Å². The number of benzene rings is 1. The Morgan fingerprint density at radius 2 is 2.10 bits per heavy atom. The highest BCUT2D eigenvalue weighted by atomic mass is 79.9. The van der Waals surface area contributed by atoms with Gasteiger partial charge in [-0.3, -0.25) is 4.79 Å². The van der Waals surface area contributed by atoms with Gasteiger partial charge in [0.15, 0.2) is 0 Å². The second-order valence-corrected chi connectivity index (χ2v) is 5.82. The van der Waals surface area contributed by atoms with Gasteiger partial charge in [0, 0.05) is 39.6 Å². The van der Waals surface area contributed by atoms with Gasteiger partial charge in [-0.2, -0.15) is 0 Å². The predicted octanol–water partition coefficient (Wildman–Crippen LogP) is 3.85. The number of anilines is 1. The van der Waals surface area contributed by atoms with Crippen molar-refractivity contribution >= 4 is 62.1 Å². The summed E-state index contributed by atoms with van der Waals surface area (Å²) in [5, 5.41) is 8.71. The summed E-state index contributed by atoms with van der Waals surface area (Å²) in [5.74, 6) is 0.721. The molecule has 7 heteroatoms. The molecule has 0 fully saturated rings. The standard InChI is InChI=1S/C13H12BrCl2N3O/c14-10-6-19-13(18-3-1-2-17-7-20)9-4-8(15)5-11(16)12(9)10/h4-7H,1-3H2,(H,17,20)(H,18,19). The highest BCUT2D eigenvalue weighted by Gasteiger charge is 2.10. The van der Waals surface area contributed by atoms with E-state index in [2.05, 4.69) is 31.5 Å². The lowest BCUT2D eigenvalue weighted by atomic mass is 10.1. The molecule has 2 N–H and O–H groups in total. The number of nitrogens with zero attached hydrogens (tertiary/aromatic N) is 1. The number of pyridine rings is 1. The number of carbonyl (C=O) groups is 1. The van der Waals surface area contributed by atoms with E-state index in [0.29, 0.717) is 29.5 Å². The van der Waals surface area contributed by atoms with Gasteiger partial charge in [-0.15, -0.1) is 0 Å². The van der Waals surface area contributed by atoms with Gasteiger partial charge in [-0.25, -0.2) is 4.98 Å². The van der Waals surface area contributed by atoms with Gasteiger partial charge in [0.05, 0.1) is 5.02 Å². The predicted molar refractivity (Wildman–Crippen MR) is 86.6 cm³/mol. The first-order valence-corrected chi connectivity index (χ1v) is 7.52. The molecule has 2 rings (SSSR count). The minimum Gasteiger partial charge on any atom is -0.369 e. The number of aromatic nitrogens is 1. The van der Waals surface area contributed by atoms with Crippen molar-refractivity contribution in [2.45, 2.75) is 6.42 Å². The van der Waals surface area contributed by atoms with Gasteiger partial charge < -0.3 is 10.6 Å². The molecule has 0 saturated carbocycles. The lowest BCUT2D eigenvalue weighted by Crippen LogP contribution is -2.16. The Kier molecular flexibility index (Phi) is 5.46. The van der Waals surface area contributed by atoms with E-state index in [1.165, 1.54) is 0 Å². The zero-order chi connectivity index (χ0) is 14.5. The molecule has 0 aliphatic heterocycles. The molecule has 106 valence electrons. The summed E-state index contributed by atoms with van der Waals surface area (Å²) in [4.78, 5) is 14.5. The molecular formula is C13H12BrCl2N3O. The molecule has 0 aliphatic rings. The van der Waals surface area contributed by atoms with Gasteiger partial charge in [-0.05, 0) is 34.5 Å². The van der Waals surface area contributed by atoms with Crippen molar-refractivity contribution in [1.82, 2.24) is 10.3 Å². The van der Waals surface area contributed by atoms with Crippen LogP contribution in [-0.4, -0.2) is 24.5 Å². The van der Waals surface area contributed by atoms with Gasteiger partial charge in [0.25, 0.3) is 0 Å². The molecule has 0 radical (unpaired) electrons. The smallest absolute Gasteiger partial charge is 0.207 e. The number of carbonyl (C=O) groups excluding carboxylic acids is 1. The van der Waals surface area contributed by atoms with E-state index in [9.17, 15) is 4.79 Å². The number of nitrogens with one attached hydrogen (secondary N) is 2. The number of hydrogen-bond acceptors (Lipinski definition) is 3. The first kappa shape index (κ1) is 15.4. The largest absolute Gasteiger partial charge is 0.369 e. The van der Waals surface area contributed by atoms with E-state index in [-0.39, 0.29) is 0 Å². The fourth-order valence-corrected chi connectivity index (χ4v) is 3.09. The molecule has 1 aromatic carbocycles. The van der Waals surface area contributed by atoms with Crippen LogP contribution < -0.4 is 10.6 Å². The molecule has 0 spiro atoms. The fourth-order valence-electron chi connectivity index (χ4n) is 1.86. The Morgan fingerprint density at radius 3 is 2.85 bits per heavy atom. The van der Waals surface area contributed by atoms with Gasteiger partial charge in [0.2, 0.25) is 6.41 Å². The molecular weight excluding hydrogens is 365 g/mol. The molecule has 0 atom stereocenters. The van der Waals surface area contributed by atoms with Crippen LogP contribution in [-0.2, 0) is 4.79 Å². The molecule has 4 nitrogen and oxygen atoms in total. The third-order valence-corrected chi connectivity index (χ3v) is 3.85. The van der Waals surface area contributed by atoms with E-state index in [1.54, 1.807) is 12.3 Å². The Balaban J connectivity index is 2.25. The second-order valence-electron chi connectivity index (χ2n) is 4.12. The van der Waals surface area contributed by atoms with Crippen molar-refractivity contribution in [3.63, 3.8) is 0 Å². The quantitative estimate of drug-likeness (QED) is 0.594. The highest BCUT2D eigenvalue weighted by Crippen LogP contribution is 2.36. The number of amides is 1. The maximum absolute atomic E-state index is 10.1. The van der Waals surface area contributed by atoms with Crippen LogP contribution in [0.4, 0.5) is 5.82 Å². The van der Waals surface area contributed by atoms with Gasteiger partial charge in [0.1, 0.15) is 5.82 Å². The zero-order valence-electron chi connectivity index (χ0n) is 10.4. The topological polar surface area (TPSA) is 54.0 Å². The molecule has 0 bridgehead atoms. The van der Waals surface area contributed by atoms with Crippen LogP contribution in [0.1, 0.15) is 6.42 Å². The van der Waals surface area contributed by atoms with Crippen LogP contribution in [0.2, 0.25) is 10.0 Å². The first-order valence-electron chi connectivity index (χ1n) is 5.97. The van der Waals surface area contributed by atoms with Crippen molar-refractivity contribution in [2.75, 3.05) is 18.4 Å². The summed E-state index contributed by atoms with van der Waals surface area (Å²) in [6, 6.07) is 3.53. The van der Waals surface area contributed by atoms with Crippen LogP contribution in [0.3, 0.4) is 0 Å². The summed E-state index contributed by atoms with van der Waals surface area (Å²) in [7, 11) is 0. The van der Waals surface area contributed by atoms with Crippen LogP contribution in [0.25, 0.3) is 10.8 Å². The molecule has 20 heavy (non-hydrogen) atoms. The lowest BCUT2D eigenvalue weighted by molar-refractivity contribution is -0.109. The fraction of sp³-hybridized carbons (Fsp3) is 0.231. The number of halogens is 3. The molecule has 1 amide bonds. The van der Waals surface area contributed by atoms with Gasteiger partial charge >= 0.3 is 0 Å². The molecule has 1 aromatic heterocycles. The van der Waals surface area contributed by atoms with Crippen LogP contribution >= 0.6 is 39.1 Å². The van der Waals surface area contributed by atoms with Crippen molar-refractivity contribution in [3.05, 3.63) is 32.8 Å². The number of fused-ring (bicyclic) bond motifs is 1. The van der Waals surface area contributed by atoms with E-state index in [4.69, 9.17) is 23.2 Å². The van der Waals surface area contributed by atoms with Crippen molar-refractivity contribution in [2.24, 2.45) is 0 Å². The maximum atomic E-state index is 10.1. The first-order chi connectivity index (χ1) is 9.63. The van der Waals surface area contributed by atoms with Crippen molar-refractivity contribution in [1.29, 1.82) is 0 Å². The monoisotopic (exact) mass is 375 g/mol. The molecule has 1 heterocycles. The Bertz CT molecular complexity index is 637. The lowest BCUT2D eigenvalue weighted by Gasteiger charge is -2.11. The summed E-state index contributed by atoms with van der Waals surface area (Å²) in [6.45, 7) is 1.31. The van der Waals surface area contributed by atoms with E-state index in [0.717, 1.165) is 27.5 Å². The van der Waals surface area contributed by atoms with E-state index < -0.39 is 0 Å². The summed E-state index contributed by atoms with van der Waals surface area (Å²) in [5.41, 5.74) is 0. The summed E-state index contributed by atoms with van der Waals surface area (Å²) in [6.07, 6.45) is 3.19. The minimum atomic E-state index is 0.563. The Labute approximate surface area is 135 Å². The average Bonchev–Trinajstić information content (AvgIpc) is 2.40. The number of rotatable bonds is 6. The van der Waals surface area contributed by atoms with Gasteiger partial charge in [-0.1, -0.05) is 23.2 Å². The van der Waals surface area contributed by atoms with Crippen LogP contribution in [0.5, 0.6) is 0 Å². The normalized spacial score (nSPS) is 10.6. The van der Waals surface area contributed by atoms with Crippen molar-refractivity contribution in [3.8, 4) is 0 Å². The minimum absolute atomic E-state index is 0.563. The average molecular weight is 377 g/mol. The second kappa shape index (κ2) is 7.11. The van der Waals surface area contributed by atoms with Crippen LogP contribution in [0.15, 0.2) is 22.8 Å². The molecule has 0 aliphatic carbocycles. The Morgan fingerprint density at radius 1 is 1.30 bits per heavy atom. The third-order valence-electron chi connectivity index (χ3n) is 2.73. The third kappa shape index (κ3) is 3.53. The summed E-state index contributed by atoms with van der Waals surface area (Å²) >= 11 is 15.7. The molecule has 0 saturated heterocycles. The molecule has 0 unspecified atom stereocenters. The molecule has 2 aromatic rings. The SMILES string of the molecule is O=CNCCCNc1ncc(Br)c2c(Cl)cc(Cl)cc12. The number of hydrogen-bond donors (Lipinski definition) is 2. The van der Waals surface area contributed by atoms with Crippen LogP contribution in [0, 0.1) is 0 Å². The maximum Gasteiger partial charge on any atom is 0.207 e. The Hall–Kier alpha value is -1.04. The highest BCUT2D eigenvalue weighted by molar-refractivity contribution is 9.10. The van der Waals surface area contributed by atoms with Crippen molar-refractivity contribution < 1.29 is 4.79 Å². The van der Waals surface area contributed by atoms with E-state index >= 15 is 0 Å². The zero-order valence-corrected chi connectivity index (χ0v) is 13.5.